The number of aliphatic hydroxyl groups excluding tert-OH is 2. The fraction of sp³-hybridized carbons (Fsp3) is 0.593. The molecule has 4 N–H and O–H groups in total. The molecule has 6 rings (SSSR count). The highest BCUT2D eigenvalue weighted by Gasteiger charge is 2.46. The summed E-state index contributed by atoms with van der Waals surface area (Å²) in [7, 11) is 3.32. The van der Waals surface area contributed by atoms with Crippen molar-refractivity contribution >= 4 is 39.2 Å². The lowest BCUT2D eigenvalue weighted by molar-refractivity contribution is -0.136. The van der Waals surface area contributed by atoms with Crippen molar-refractivity contribution in [2.45, 2.75) is 76.2 Å². The van der Waals surface area contributed by atoms with Gasteiger partial charge in [0.2, 0.25) is 11.9 Å². The smallest absolute Gasteiger partial charge is 0.227 e. The van der Waals surface area contributed by atoms with Crippen LogP contribution in [0.1, 0.15) is 56.3 Å². The van der Waals surface area contributed by atoms with Crippen LogP contribution < -0.4 is 10.6 Å². The topological polar surface area (TPSA) is 136 Å². The number of hydrogen-bond acceptors (Lipinski definition) is 10. The number of pyridine rings is 1. The van der Waals surface area contributed by atoms with Gasteiger partial charge in [-0.25, -0.2) is 9.97 Å². The fourth-order valence-corrected chi connectivity index (χ4v) is 6.55. The van der Waals surface area contributed by atoms with Crippen LogP contribution in [-0.2, 0) is 4.79 Å². The van der Waals surface area contributed by atoms with E-state index in [1.807, 2.05) is 19.2 Å². The Morgan fingerprint density at radius 2 is 1.89 bits per heavy atom. The maximum Gasteiger partial charge on any atom is 0.227 e. The SMILES string of the molecule is Cc1nc(NC(C)C2CC2)nc(NC2CC(C(=O)N(C)C)C(O)C2O)c1-c1nc2c(C3CC3)nccc2s1. The van der Waals surface area contributed by atoms with Gasteiger partial charge in [-0.1, -0.05) is 0 Å². The van der Waals surface area contributed by atoms with Crippen molar-refractivity contribution < 1.29 is 15.0 Å². The summed E-state index contributed by atoms with van der Waals surface area (Å²) in [6.07, 6.45) is 4.55. The van der Waals surface area contributed by atoms with E-state index in [0.29, 0.717) is 30.0 Å². The molecule has 3 fully saturated rings. The first-order valence-corrected chi connectivity index (χ1v) is 14.3. The van der Waals surface area contributed by atoms with E-state index < -0.39 is 24.2 Å². The van der Waals surface area contributed by atoms with E-state index >= 15 is 0 Å². The maximum atomic E-state index is 12.7. The van der Waals surface area contributed by atoms with Crippen LogP contribution in [0.2, 0.25) is 0 Å². The predicted octanol–water partition coefficient (Wildman–Crippen LogP) is 3.15. The Kier molecular flexibility index (Phi) is 6.48. The Balaban J connectivity index is 1.38. The van der Waals surface area contributed by atoms with Crippen LogP contribution in [-0.4, -0.2) is 79.3 Å². The molecule has 1 amide bonds. The van der Waals surface area contributed by atoms with E-state index in [4.69, 9.17) is 15.0 Å². The minimum absolute atomic E-state index is 0.202. The van der Waals surface area contributed by atoms with Gasteiger partial charge in [0, 0.05) is 32.3 Å². The zero-order valence-corrected chi connectivity index (χ0v) is 23.0. The number of anilines is 2. The van der Waals surface area contributed by atoms with Gasteiger partial charge < -0.3 is 25.7 Å². The third-order valence-electron chi connectivity index (χ3n) is 8.05. The number of carbonyl (C=O) groups is 1. The Morgan fingerprint density at radius 3 is 2.58 bits per heavy atom. The maximum absolute atomic E-state index is 12.7. The number of aliphatic hydroxyl groups is 2. The van der Waals surface area contributed by atoms with E-state index in [0.717, 1.165) is 45.0 Å². The minimum atomic E-state index is -1.16. The lowest BCUT2D eigenvalue weighted by atomic mass is 10.0. The van der Waals surface area contributed by atoms with Crippen LogP contribution in [0.4, 0.5) is 11.8 Å². The van der Waals surface area contributed by atoms with Crippen molar-refractivity contribution in [2.75, 3.05) is 24.7 Å². The van der Waals surface area contributed by atoms with Crippen LogP contribution in [0.3, 0.4) is 0 Å². The molecule has 0 radical (unpaired) electrons. The molecule has 3 aliphatic rings. The second kappa shape index (κ2) is 9.69. The van der Waals surface area contributed by atoms with Crippen molar-refractivity contribution in [3.05, 3.63) is 23.7 Å². The van der Waals surface area contributed by atoms with Gasteiger partial charge in [-0.05, 0) is 57.9 Å². The zero-order valence-electron chi connectivity index (χ0n) is 22.2. The Hall–Kier alpha value is -2.89. The largest absolute Gasteiger partial charge is 0.390 e. The minimum Gasteiger partial charge on any atom is -0.390 e. The number of fused-ring (bicyclic) bond motifs is 1. The quantitative estimate of drug-likeness (QED) is 0.342. The zero-order chi connectivity index (χ0) is 26.7. The van der Waals surface area contributed by atoms with E-state index in [9.17, 15) is 15.0 Å². The van der Waals surface area contributed by atoms with Crippen LogP contribution in [0.5, 0.6) is 0 Å². The second-order valence-electron chi connectivity index (χ2n) is 11.3. The van der Waals surface area contributed by atoms with E-state index in [1.165, 1.54) is 17.7 Å². The third kappa shape index (κ3) is 4.71. The van der Waals surface area contributed by atoms with Gasteiger partial charge in [0.05, 0.1) is 39.7 Å². The Bertz CT molecular complexity index is 1370. The standard InChI is InChI=1S/C27H35N7O3S/c1-12(14-5-6-14)29-27-30-13(2)19(25-32-21-18(38-25)9-10-28-20(21)15-7-8-15)24(33-27)31-17-11-16(22(35)23(17)36)26(37)34(3)4/h9-10,12,14-17,22-23,35-36H,5-8,11H2,1-4H3,(H2,29,30,31,33). The molecule has 3 heterocycles. The first-order chi connectivity index (χ1) is 18.2. The molecular weight excluding hydrogens is 502 g/mol. The summed E-state index contributed by atoms with van der Waals surface area (Å²) in [6.45, 7) is 4.09. The molecule has 3 saturated carbocycles. The molecule has 202 valence electrons. The molecule has 3 aromatic heterocycles. The summed E-state index contributed by atoms with van der Waals surface area (Å²) >= 11 is 1.58. The highest BCUT2D eigenvalue weighted by Crippen LogP contribution is 2.45. The molecule has 0 spiro atoms. The molecule has 10 nitrogen and oxygen atoms in total. The van der Waals surface area contributed by atoms with Gasteiger partial charge in [-0.3, -0.25) is 9.78 Å². The van der Waals surface area contributed by atoms with Gasteiger partial charge >= 0.3 is 0 Å². The van der Waals surface area contributed by atoms with Crippen LogP contribution >= 0.6 is 11.3 Å². The summed E-state index contributed by atoms with van der Waals surface area (Å²) < 4.78 is 1.07. The van der Waals surface area contributed by atoms with Crippen LogP contribution in [0.15, 0.2) is 12.3 Å². The number of aromatic nitrogens is 4. The lowest BCUT2D eigenvalue weighted by Gasteiger charge is -2.22. The molecule has 5 unspecified atom stereocenters. The van der Waals surface area contributed by atoms with Gasteiger partial charge in [-0.2, -0.15) is 4.98 Å². The number of carbonyl (C=O) groups excluding carboxylic acids is 1. The van der Waals surface area contributed by atoms with E-state index in [1.54, 1.807) is 25.4 Å². The first-order valence-electron chi connectivity index (χ1n) is 13.5. The summed E-state index contributed by atoms with van der Waals surface area (Å²) in [5.41, 5.74) is 3.51. The average molecular weight is 538 g/mol. The van der Waals surface area contributed by atoms with Crippen molar-refractivity contribution in [3.8, 4) is 10.6 Å². The van der Waals surface area contributed by atoms with E-state index in [2.05, 4.69) is 22.5 Å². The number of thiazole rings is 1. The molecule has 0 aromatic carbocycles. The van der Waals surface area contributed by atoms with Gasteiger partial charge in [0.25, 0.3) is 0 Å². The van der Waals surface area contributed by atoms with Crippen molar-refractivity contribution in [1.82, 2.24) is 24.8 Å². The van der Waals surface area contributed by atoms with E-state index in [-0.39, 0.29) is 11.9 Å². The first kappa shape index (κ1) is 25.4. The summed E-state index contributed by atoms with van der Waals surface area (Å²) in [4.78, 5) is 33.4. The number of amides is 1. The molecule has 0 bridgehead atoms. The number of hydrogen-bond donors (Lipinski definition) is 4. The number of nitrogens with one attached hydrogen (secondary N) is 2. The predicted molar refractivity (Wildman–Crippen MR) is 147 cm³/mol. The number of rotatable bonds is 8. The van der Waals surface area contributed by atoms with Gasteiger partial charge in [-0.15, -0.1) is 11.3 Å². The van der Waals surface area contributed by atoms with Crippen molar-refractivity contribution in [3.63, 3.8) is 0 Å². The molecule has 38 heavy (non-hydrogen) atoms. The number of aryl methyl sites for hydroxylation is 1. The molecular formula is C27H35N7O3S. The van der Waals surface area contributed by atoms with Gasteiger partial charge in [0.1, 0.15) is 22.4 Å². The lowest BCUT2D eigenvalue weighted by Crippen LogP contribution is -2.38. The molecule has 3 aromatic rings. The monoisotopic (exact) mass is 537 g/mol. The second-order valence-corrected chi connectivity index (χ2v) is 12.3. The highest BCUT2D eigenvalue weighted by molar-refractivity contribution is 7.21. The molecule has 11 heteroatoms. The summed E-state index contributed by atoms with van der Waals surface area (Å²) in [5.74, 6) is 1.26. The third-order valence-corrected chi connectivity index (χ3v) is 9.09. The molecule has 5 atom stereocenters. The van der Waals surface area contributed by atoms with Crippen LogP contribution in [0, 0.1) is 18.8 Å². The summed E-state index contributed by atoms with van der Waals surface area (Å²) in [5, 5.41) is 29.2. The summed E-state index contributed by atoms with van der Waals surface area (Å²) in [6, 6.07) is 1.69. The normalized spacial score (nSPS) is 25.9. The molecule has 0 aliphatic heterocycles. The fourth-order valence-electron chi connectivity index (χ4n) is 5.48. The van der Waals surface area contributed by atoms with Gasteiger partial charge in [0.15, 0.2) is 0 Å². The Morgan fingerprint density at radius 1 is 1.13 bits per heavy atom. The number of nitrogens with zero attached hydrogens (tertiary/aromatic N) is 5. The van der Waals surface area contributed by atoms with Crippen molar-refractivity contribution in [2.24, 2.45) is 11.8 Å². The van der Waals surface area contributed by atoms with Crippen molar-refractivity contribution in [1.29, 1.82) is 0 Å². The molecule has 0 saturated heterocycles. The highest BCUT2D eigenvalue weighted by atomic mass is 32.1. The van der Waals surface area contributed by atoms with Crippen LogP contribution in [0.25, 0.3) is 20.8 Å². The Labute approximate surface area is 225 Å². The molecule has 3 aliphatic carbocycles. The average Bonchev–Trinajstić information content (AvgIpc) is 3.80.